The van der Waals surface area contributed by atoms with E-state index in [-0.39, 0.29) is 12.3 Å². The molecule has 3 N–H and O–H groups in total. The second-order valence-electron chi connectivity index (χ2n) is 4.27. The number of nitrogens with two attached hydrogens (primary N) is 1. The zero-order valence-corrected chi connectivity index (χ0v) is 11.8. The van der Waals surface area contributed by atoms with Crippen LogP contribution < -0.4 is 15.8 Å². The molecule has 0 saturated heterocycles. The van der Waals surface area contributed by atoms with Crippen LogP contribution in [0.25, 0.3) is 0 Å². The number of anilines is 2. The van der Waals surface area contributed by atoms with Gasteiger partial charge in [-0.3, -0.25) is 4.79 Å². The van der Waals surface area contributed by atoms with Crippen molar-refractivity contribution < 1.29 is 9.53 Å². The number of rotatable bonds is 4. The lowest BCUT2D eigenvalue weighted by atomic mass is 10.1. The maximum absolute atomic E-state index is 12.0. The number of nitrogen functional groups attached to an aromatic ring is 1. The number of hydrogen-bond donors (Lipinski definition) is 2. The van der Waals surface area contributed by atoms with Crippen LogP contribution in [0.5, 0.6) is 5.75 Å². The Hall–Kier alpha value is -2.20. The lowest BCUT2D eigenvalue weighted by Gasteiger charge is -2.10. The number of benzene rings is 2. The molecule has 0 saturated carbocycles. The van der Waals surface area contributed by atoms with Gasteiger partial charge in [-0.25, -0.2) is 0 Å². The van der Waals surface area contributed by atoms with E-state index in [1.54, 1.807) is 31.4 Å². The van der Waals surface area contributed by atoms with Gasteiger partial charge in [0.05, 0.1) is 24.9 Å². The molecule has 0 aromatic heterocycles. The molecule has 0 fully saturated rings. The first-order chi connectivity index (χ1) is 9.60. The normalized spacial score (nSPS) is 10.1. The predicted octanol–water partition coefficient (Wildman–Crippen LogP) is 3.11. The molecule has 0 aliphatic carbocycles. The third kappa shape index (κ3) is 3.42. The number of amides is 1. The summed E-state index contributed by atoms with van der Waals surface area (Å²) in [7, 11) is 1.56. The van der Waals surface area contributed by atoms with Crippen molar-refractivity contribution in [2.45, 2.75) is 6.42 Å². The van der Waals surface area contributed by atoms with E-state index in [1.165, 1.54) is 0 Å². The Morgan fingerprint density at radius 3 is 2.75 bits per heavy atom. The number of carbonyl (C=O) groups is 1. The van der Waals surface area contributed by atoms with Crippen LogP contribution in [0.15, 0.2) is 42.5 Å². The van der Waals surface area contributed by atoms with Gasteiger partial charge in [-0.1, -0.05) is 29.8 Å². The second kappa shape index (κ2) is 6.30. The number of methoxy groups -OCH3 is 1. The summed E-state index contributed by atoms with van der Waals surface area (Å²) < 4.78 is 5.10. The van der Waals surface area contributed by atoms with Gasteiger partial charge >= 0.3 is 0 Å². The minimum absolute atomic E-state index is 0.182. The van der Waals surface area contributed by atoms with Crippen LogP contribution in [0.2, 0.25) is 5.02 Å². The van der Waals surface area contributed by atoms with Crippen molar-refractivity contribution in [1.29, 1.82) is 0 Å². The van der Waals surface area contributed by atoms with Gasteiger partial charge in [0, 0.05) is 11.1 Å². The SMILES string of the molecule is COc1ccc(N)c(NC(=O)Cc2ccccc2Cl)c1. The van der Waals surface area contributed by atoms with Crippen molar-refractivity contribution in [3.8, 4) is 5.75 Å². The van der Waals surface area contributed by atoms with Crippen LogP contribution in [0, 0.1) is 0 Å². The summed E-state index contributed by atoms with van der Waals surface area (Å²) in [6.45, 7) is 0. The quantitative estimate of drug-likeness (QED) is 0.850. The molecule has 1 amide bonds. The van der Waals surface area contributed by atoms with Crippen molar-refractivity contribution in [2.24, 2.45) is 0 Å². The summed E-state index contributed by atoms with van der Waals surface area (Å²) in [4.78, 5) is 12.0. The second-order valence-corrected chi connectivity index (χ2v) is 4.68. The first-order valence-corrected chi connectivity index (χ1v) is 6.44. The van der Waals surface area contributed by atoms with E-state index in [1.807, 2.05) is 18.2 Å². The molecule has 4 nitrogen and oxygen atoms in total. The van der Waals surface area contributed by atoms with Crippen molar-refractivity contribution in [2.75, 3.05) is 18.2 Å². The highest BCUT2D eigenvalue weighted by atomic mass is 35.5. The molecule has 0 spiro atoms. The molecular formula is C15H15ClN2O2. The van der Waals surface area contributed by atoms with E-state index in [0.717, 1.165) is 5.56 Å². The number of nitrogens with one attached hydrogen (secondary N) is 1. The maximum atomic E-state index is 12.0. The summed E-state index contributed by atoms with van der Waals surface area (Å²) in [6, 6.07) is 12.3. The van der Waals surface area contributed by atoms with E-state index in [0.29, 0.717) is 22.1 Å². The molecule has 0 bridgehead atoms. The zero-order chi connectivity index (χ0) is 14.5. The topological polar surface area (TPSA) is 64.3 Å². The summed E-state index contributed by atoms with van der Waals surface area (Å²) >= 11 is 6.03. The van der Waals surface area contributed by atoms with Crippen LogP contribution in [-0.4, -0.2) is 13.0 Å². The van der Waals surface area contributed by atoms with Crippen LogP contribution in [0.4, 0.5) is 11.4 Å². The summed E-state index contributed by atoms with van der Waals surface area (Å²) in [6.07, 6.45) is 0.191. The van der Waals surface area contributed by atoms with Gasteiger partial charge in [-0.05, 0) is 23.8 Å². The number of halogens is 1. The van der Waals surface area contributed by atoms with Gasteiger partial charge in [-0.2, -0.15) is 0 Å². The van der Waals surface area contributed by atoms with E-state index in [9.17, 15) is 4.79 Å². The van der Waals surface area contributed by atoms with Crippen LogP contribution >= 0.6 is 11.6 Å². The van der Waals surface area contributed by atoms with Gasteiger partial charge in [0.2, 0.25) is 5.91 Å². The molecule has 2 aromatic carbocycles. The Kier molecular flexibility index (Phi) is 4.48. The fourth-order valence-corrected chi connectivity index (χ4v) is 1.98. The van der Waals surface area contributed by atoms with Crippen LogP contribution in [0.3, 0.4) is 0 Å². The molecular weight excluding hydrogens is 276 g/mol. The maximum Gasteiger partial charge on any atom is 0.228 e. The average molecular weight is 291 g/mol. The van der Waals surface area contributed by atoms with E-state index in [4.69, 9.17) is 22.1 Å². The molecule has 5 heteroatoms. The highest BCUT2D eigenvalue weighted by molar-refractivity contribution is 6.31. The fraction of sp³-hybridized carbons (Fsp3) is 0.133. The Balaban J connectivity index is 2.10. The van der Waals surface area contributed by atoms with Gasteiger partial charge < -0.3 is 15.8 Å². The molecule has 104 valence electrons. The lowest BCUT2D eigenvalue weighted by molar-refractivity contribution is -0.115. The fourth-order valence-electron chi connectivity index (χ4n) is 1.78. The molecule has 0 heterocycles. The van der Waals surface area contributed by atoms with Crippen molar-refractivity contribution in [3.63, 3.8) is 0 Å². The number of carbonyl (C=O) groups excluding carboxylic acids is 1. The standard InChI is InChI=1S/C15H15ClN2O2/c1-20-11-6-7-13(17)14(9-11)18-15(19)8-10-4-2-3-5-12(10)16/h2-7,9H,8,17H2,1H3,(H,18,19). The molecule has 2 rings (SSSR count). The van der Waals surface area contributed by atoms with Crippen molar-refractivity contribution in [1.82, 2.24) is 0 Å². The van der Waals surface area contributed by atoms with E-state index >= 15 is 0 Å². The Morgan fingerprint density at radius 1 is 1.30 bits per heavy atom. The van der Waals surface area contributed by atoms with Crippen molar-refractivity contribution in [3.05, 3.63) is 53.1 Å². The Labute approximate surface area is 122 Å². The number of hydrogen-bond acceptors (Lipinski definition) is 3. The molecule has 0 atom stereocenters. The monoisotopic (exact) mass is 290 g/mol. The number of ether oxygens (including phenoxy) is 1. The zero-order valence-electron chi connectivity index (χ0n) is 11.0. The van der Waals surface area contributed by atoms with E-state index in [2.05, 4.69) is 5.32 Å². The van der Waals surface area contributed by atoms with Crippen molar-refractivity contribution >= 4 is 28.9 Å². The van der Waals surface area contributed by atoms with Gasteiger partial charge in [0.1, 0.15) is 5.75 Å². The Bertz CT molecular complexity index is 629. The molecule has 0 radical (unpaired) electrons. The average Bonchev–Trinajstić information content (AvgIpc) is 2.44. The van der Waals surface area contributed by atoms with Gasteiger partial charge in [0.25, 0.3) is 0 Å². The molecule has 20 heavy (non-hydrogen) atoms. The smallest absolute Gasteiger partial charge is 0.228 e. The molecule has 2 aromatic rings. The lowest BCUT2D eigenvalue weighted by Crippen LogP contribution is -2.15. The minimum atomic E-state index is -0.182. The third-order valence-corrected chi connectivity index (χ3v) is 3.21. The van der Waals surface area contributed by atoms with E-state index < -0.39 is 0 Å². The molecule has 0 aliphatic heterocycles. The highest BCUT2D eigenvalue weighted by Gasteiger charge is 2.09. The summed E-state index contributed by atoms with van der Waals surface area (Å²) in [5.74, 6) is 0.449. The van der Waals surface area contributed by atoms with Gasteiger partial charge in [-0.15, -0.1) is 0 Å². The summed E-state index contributed by atoms with van der Waals surface area (Å²) in [5, 5.41) is 3.33. The largest absolute Gasteiger partial charge is 0.497 e. The third-order valence-electron chi connectivity index (χ3n) is 2.84. The molecule has 0 unspecified atom stereocenters. The van der Waals surface area contributed by atoms with Crippen LogP contribution in [0.1, 0.15) is 5.56 Å². The van der Waals surface area contributed by atoms with Crippen LogP contribution in [-0.2, 0) is 11.2 Å². The highest BCUT2D eigenvalue weighted by Crippen LogP contribution is 2.25. The first-order valence-electron chi connectivity index (χ1n) is 6.07. The minimum Gasteiger partial charge on any atom is -0.497 e. The predicted molar refractivity (Wildman–Crippen MR) is 81.2 cm³/mol. The molecule has 0 aliphatic rings. The summed E-state index contributed by atoms with van der Waals surface area (Å²) in [5.41, 5.74) is 7.60. The van der Waals surface area contributed by atoms with Gasteiger partial charge in [0.15, 0.2) is 0 Å². The Morgan fingerprint density at radius 2 is 2.05 bits per heavy atom. The first kappa shape index (κ1) is 14.2.